The minimum atomic E-state index is -0.192. The molecule has 16 heavy (non-hydrogen) atoms. The summed E-state index contributed by atoms with van der Waals surface area (Å²) in [6.07, 6.45) is 4.21. The van der Waals surface area contributed by atoms with Crippen molar-refractivity contribution in [2.45, 2.75) is 45.1 Å². The lowest BCUT2D eigenvalue weighted by atomic mass is 9.92. The predicted octanol–water partition coefficient (Wildman–Crippen LogP) is 1.27. The molecule has 1 amide bonds. The van der Waals surface area contributed by atoms with Crippen LogP contribution in [0, 0.1) is 17.2 Å². The van der Waals surface area contributed by atoms with Crippen LogP contribution in [0.25, 0.3) is 0 Å². The monoisotopic (exact) mass is 223 g/mol. The van der Waals surface area contributed by atoms with Gasteiger partial charge in [0.15, 0.2) is 0 Å². The van der Waals surface area contributed by atoms with E-state index in [2.05, 4.69) is 17.9 Å². The summed E-state index contributed by atoms with van der Waals surface area (Å²) in [4.78, 5) is 13.2. The Balaban J connectivity index is 2.36. The molecule has 1 rings (SSSR count). The Morgan fingerprint density at radius 3 is 2.62 bits per heavy atom. The lowest BCUT2D eigenvalue weighted by Gasteiger charge is -2.36. The third kappa shape index (κ3) is 3.82. The van der Waals surface area contributed by atoms with Gasteiger partial charge in [0.05, 0.1) is 12.5 Å². The highest BCUT2D eigenvalue weighted by molar-refractivity contribution is 5.73. The number of rotatable bonds is 5. The molecule has 1 aliphatic heterocycles. The van der Waals surface area contributed by atoms with Gasteiger partial charge < -0.3 is 5.73 Å². The van der Waals surface area contributed by atoms with Gasteiger partial charge in [-0.1, -0.05) is 6.92 Å². The van der Waals surface area contributed by atoms with Crippen LogP contribution in [0.3, 0.4) is 0 Å². The minimum Gasteiger partial charge on any atom is -0.370 e. The van der Waals surface area contributed by atoms with Crippen molar-refractivity contribution >= 4 is 5.91 Å². The van der Waals surface area contributed by atoms with Gasteiger partial charge in [0, 0.05) is 12.5 Å². The first-order valence-corrected chi connectivity index (χ1v) is 6.06. The van der Waals surface area contributed by atoms with E-state index in [1.165, 1.54) is 0 Å². The second-order valence-corrected chi connectivity index (χ2v) is 4.57. The van der Waals surface area contributed by atoms with E-state index >= 15 is 0 Å². The van der Waals surface area contributed by atoms with E-state index in [-0.39, 0.29) is 5.91 Å². The Labute approximate surface area is 97.4 Å². The van der Waals surface area contributed by atoms with E-state index in [9.17, 15) is 4.79 Å². The van der Waals surface area contributed by atoms with Crippen LogP contribution in [0.2, 0.25) is 0 Å². The summed E-state index contributed by atoms with van der Waals surface area (Å²) in [6.45, 7) is 4.12. The fraction of sp³-hybridized carbons (Fsp3) is 0.833. The first-order valence-electron chi connectivity index (χ1n) is 6.06. The van der Waals surface area contributed by atoms with Crippen molar-refractivity contribution in [2.75, 3.05) is 13.1 Å². The molecule has 4 nitrogen and oxygen atoms in total. The molecule has 1 atom stereocenters. The summed E-state index contributed by atoms with van der Waals surface area (Å²) in [7, 11) is 0. The summed E-state index contributed by atoms with van der Waals surface area (Å²) in [5.74, 6) is 0.260. The standard InChI is InChI=1S/C12H21N3O/c1-2-11(3-6-13)15-7-4-10(5-8-15)9-12(14)16/h10-11H,2-5,7-9H2,1H3,(H2,14,16). The highest BCUT2D eigenvalue weighted by Gasteiger charge is 2.24. The van der Waals surface area contributed by atoms with Crippen LogP contribution in [0.5, 0.6) is 0 Å². The summed E-state index contributed by atoms with van der Waals surface area (Å²) >= 11 is 0. The van der Waals surface area contributed by atoms with Crippen molar-refractivity contribution in [1.29, 1.82) is 5.26 Å². The molecule has 0 saturated carbocycles. The second kappa shape index (κ2) is 6.49. The van der Waals surface area contributed by atoms with Crippen molar-refractivity contribution in [3.05, 3.63) is 0 Å². The number of nitriles is 1. The quantitative estimate of drug-likeness (QED) is 0.763. The zero-order valence-electron chi connectivity index (χ0n) is 9.98. The first-order chi connectivity index (χ1) is 7.67. The Bertz CT molecular complexity index is 264. The number of nitrogens with two attached hydrogens (primary N) is 1. The number of nitrogens with zero attached hydrogens (tertiary/aromatic N) is 2. The van der Waals surface area contributed by atoms with E-state index in [0.29, 0.717) is 24.8 Å². The number of primary amides is 1. The van der Waals surface area contributed by atoms with E-state index in [1.807, 2.05) is 0 Å². The smallest absolute Gasteiger partial charge is 0.217 e. The van der Waals surface area contributed by atoms with Gasteiger partial charge in [-0.25, -0.2) is 0 Å². The van der Waals surface area contributed by atoms with Gasteiger partial charge >= 0.3 is 0 Å². The topological polar surface area (TPSA) is 70.1 Å². The molecule has 90 valence electrons. The number of piperidine rings is 1. The maximum absolute atomic E-state index is 10.8. The second-order valence-electron chi connectivity index (χ2n) is 4.57. The summed E-state index contributed by atoms with van der Waals surface area (Å²) in [5, 5.41) is 8.73. The molecule has 4 heteroatoms. The van der Waals surface area contributed by atoms with E-state index in [4.69, 9.17) is 11.0 Å². The summed E-state index contributed by atoms with van der Waals surface area (Å²) < 4.78 is 0. The summed E-state index contributed by atoms with van der Waals surface area (Å²) in [6, 6.07) is 2.63. The zero-order valence-corrected chi connectivity index (χ0v) is 9.98. The van der Waals surface area contributed by atoms with Crippen LogP contribution in [0.15, 0.2) is 0 Å². The van der Waals surface area contributed by atoms with Gasteiger partial charge in [0.2, 0.25) is 5.91 Å². The number of amides is 1. The zero-order chi connectivity index (χ0) is 12.0. The molecule has 0 radical (unpaired) electrons. The number of carbonyl (C=O) groups is 1. The van der Waals surface area contributed by atoms with Gasteiger partial charge in [0.1, 0.15) is 0 Å². The Morgan fingerprint density at radius 1 is 1.56 bits per heavy atom. The Morgan fingerprint density at radius 2 is 2.19 bits per heavy atom. The van der Waals surface area contributed by atoms with Crippen LogP contribution in [-0.4, -0.2) is 29.9 Å². The van der Waals surface area contributed by atoms with Crippen LogP contribution in [-0.2, 0) is 4.79 Å². The molecule has 1 saturated heterocycles. The molecule has 1 heterocycles. The van der Waals surface area contributed by atoms with Gasteiger partial charge in [0.25, 0.3) is 0 Å². The number of carbonyl (C=O) groups excluding carboxylic acids is 1. The average Bonchev–Trinajstić information content (AvgIpc) is 2.26. The van der Waals surface area contributed by atoms with Crippen LogP contribution in [0.4, 0.5) is 0 Å². The third-order valence-corrected chi connectivity index (χ3v) is 3.45. The molecule has 1 aliphatic rings. The van der Waals surface area contributed by atoms with Gasteiger partial charge in [-0.2, -0.15) is 5.26 Å². The number of hydrogen-bond donors (Lipinski definition) is 1. The molecular weight excluding hydrogens is 202 g/mol. The lowest BCUT2D eigenvalue weighted by Crippen LogP contribution is -2.41. The maximum atomic E-state index is 10.8. The molecule has 0 aromatic carbocycles. The van der Waals surface area contributed by atoms with Gasteiger partial charge in [-0.05, 0) is 38.3 Å². The van der Waals surface area contributed by atoms with Crippen molar-refractivity contribution in [3.63, 3.8) is 0 Å². The molecular formula is C12H21N3O. The van der Waals surface area contributed by atoms with Gasteiger partial charge in [-0.15, -0.1) is 0 Å². The van der Waals surface area contributed by atoms with Crippen molar-refractivity contribution in [3.8, 4) is 6.07 Å². The molecule has 0 spiro atoms. The van der Waals surface area contributed by atoms with Crippen molar-refractivity contribution in [2.24, 2.45) is 11.7 Å². The first kappa shape index (κ1) is 13.0. The van der Waals surface area contributed by atoms with E-state index < -0.39 is 0 Å². The molecule has 0 aromatic heterocycles. The fourth-order valence-electron chi connectivity index (χ4n) is 2.44. The van der Waals surface area contributed by atoms with Crippen LogP contribution >= 0.6 is 0 Å². The molecule has 1 unspecified atom stereocenters. The van der Waals surface area contributed by atoms with Crippen LogP contribution < -0.4 is 5.73 Å². The fourth-order valence-corrected chi connectivity index (χ4v) is 2.44. The Kier molecular flexibility index (Phi) is 5.27. The van der Waals surface area contributed by atoms with Crippen molar-refractivity contribution < 1.29 is 4.79 Å². The normalized spacial score (nSPS) is 20.2. The number of hydrogen-bond acceptors (Lipinski definition) is 3. The van der Waals surface area contributed by atoms with Crippen LogP contribution in [0.1, 0.15) is 39.0 Å². The van der Waals surface area contributed by atoms with E-state index in [1.54, 1.807) is 0 Å². The molecule has 0 aromatic rings. The van der Waals surface area contributed by atoms with Crippen molar-refractivity contribution in [1.82, 2.24) is 4.90 Å². The lowest BCUT2D eigenvalue weighted by molar-refractivity contribution is -0.119. The minimum absolute atomic E-state index is 0.192. The largest absolute Gasteiger partial charge is 0.370 e. The van der Waals surface area contributed by atoms with Gasteiger partial charge in [-0.3, -0.25) is 9.69 Å². The molecule has 0 bridgehead atoms. The summed E-state index contributed by atoms with van der Waals surface area (Å²) in [5.41, 5.74) is 5.20. The molecule has 1 fully saturated rings. The van der Waals surface area contributed by atoms with E-state index in [0.717, 1.165) is 32.4 Å². The molecule has 0 aliphatic carbocycles. The SMILES string of the molecule is CCC(CC#N)N1CCC(CC(N)=O)CC1. The third-order valence-electron chi connectivity index (χ3n) is 3.45. The average molecular weight is 223 g/mol. The highest BCUT2D eigenvalue weighted by Crippen LogP contribution is 2.23. The highest BCUT2D eigenvalue weighted by atomic mass is 16.1. The predicted molar refractivity (Wildman–Crippen MR) is 62.4 cm³/mol. The number of likely N-dealkylation sites (tertiary alicyclic amines) is 1. The Hall–Kier alpha value is -1.08. The molecule has 2 N–H and O–H groups in total. The maximum Gasteiger partial charge on any atom is 0.217 e.